The molecule has 2 saturated heterocycles. The van der Waals surface area contributed by atoms with Crippen LogP contribution < -0.4 is 5.32 Å². The highest BCUT2D eigenvalue weighted by atomic mass is 35.5. The van der Waals surface area contributed by atoms with E-state index < -0.39 is 0 Å². The predicted octanol–water partition coefficient (Wildman–Crippen LogP) is 1.81. The Hall–Kier alpha value is -0.280. The number of likely N-dealkylation sites (tertiary alicyclic amines) is 1. The van der Waals surface area contributed by atoms with Crippen molar-refractivity contribution in [1.29, 1.82) is 0 Å². The number of hydrogen-bond acceptors (Lipinski definition) is 2. The first-order chi connectivity index (χ1) is 7.18. The Balaban J connectivity index is 0.00000128. The lowest BCUT2D eigenvalue weighted by Crippen LogP contribution is -2.55. The molecular formula is C12H23ClN2O. The average molecular weight is 247 g/mol. The Morgan fingerprint density at radius 2 is 2.12 bits per heavy atom. The summed E-state index contributed by atoms with van der Waals surface area (Å²) in [6.07, 6.45) is 4.59. The zero-order chi connectivity index (χ0) is 10.8. The van der Waals surface area contributed by atoms with Gasteiger partial charge >= 0.3 is 0 Å². The second kappa shape index (κ2) is 5.87. The van der Waals surface area contributed by atoms with Crippen LogP contribution in [-0.2, 0) is 4.79 Å². The van der Waals surface area contributed by atoms with Gasteiger partial charge in [0, 0.05) is 12.6 Å². The molecule has 2 aliphatic heterocycles. The van der Waals surface area contributed by atoms with Crippen LogP contribution in [0, 0.1) is 5.92 Å². The lowest BCUT2D eigenvalue weighted by molar-refractivity contribution is -0.136. The van der Waals surface area contributed by atoms with Crippen LogP contribution in [0.4, 0.5) is 0 Å². The van der Waals surface area contributed by atoms with Crippen LogP contribution in [0.15, 0.2) is 0 Å². The van der Waals surface area contributed by atoms with Crippen LogP contribution in [0.3, 0.4) is 0 Å². The largest absolute Gasteiger partial charge is 0.338 e. The van der Waals surface area contributed by atoms with Gasteiger partial charge in [-0.1, -0.05) is 13.8 Å². The minimum atomic E-state index is 0. The van der Waals surface area contributed by atoms with E-state index in [1.807, 2.05) is 0 Å². The van der Waals surface area contributed by atoms with E-state index in [1.165, 1.54) is 19.3 Å². The number of amides is 1. The smallest absolute Gasteiger partial charge is 0.240 e. The highest BCUT2D eigenvalue weighted by Gasteiger charge is 2.35. The van der Waals surface area contributed by atoms with Crippen molar-refractivity contribution in [3.8, 4) is 0 Å². The number of nitrogens with one attached hydrogen (secondary N) is 1. The van der Waals surface area contributed by atoms with E-state index in [9.17, 15) is 4.79 Å². The molecule has 0 radical (unpaired) electrons. The summed E-state index contributed by atoms with van der Waals surface area (Å²) in [5.41, 5.74) is 0. The molecule has 2 fully saturated rings. The zero-order valence-corrected chi connectivity index (χ0v) is 11.1. The second-order valence-corrected chi connectivity index (χ2v) is 5.25. The molecule has 4 heteroatoms. The minimum Gasteiger partial charge on any atom is -0.338 e. The van der Waals surface area contributed by atoms with Crippen LogP contribution in [-0.4, -0.2) is 36.0 Å². The lowest BCUT2D eigenvalue weighted by atomic mass is 10.00. The van der Waals surface area contributed by atoms with Gasteiger partial charge in [-0.15, -0.1) is 12.4 Å². The van der Waals surface area contributed by atoms with Crippen LogP contribution in [0.25, 0.3) is 0 Å². The molecular weight excluding hydrogens is 224 g/mol. The van der Waals surface area contributed by atoms with Crippen molar-refractivity contribution in [1.82, 2.24) is 10.2 Å². The average Bonchev–Trinajstić information content (AvgIpc) is 2.47. The fraction of sp³-hybridized carbons (Fsp3) is 0.917. The van der Waals surface area contributed by atoms with Gasteiger partial charge in [0.15, 0.2) is 0 Å². The van der Waals surface area contributed by atoms with Crippen molar-refractivity contribution in [2.75, 3.05) is 13.1 Å². The van der Waals surface area contributed by atoms with Gasteiger partial charge < -0.3 is 10.2 Å². The van der Waals surface area contributed by atoms with Gasteiger partial charge in [-0.05, 0) is 38.1 Å². The maximum Gasteiger partial charge on any atom is 0.240 e. The van der Waals surface area contributed by atoms with Crippen molar-refractivity contribution < 1.29 is 4.79 Å². The molecule has 2 atom stereocenters. The Bertz CT molecular complexity index is 241. The van der Waals surface area contributed by atoms with Crippen molar-refractivity contribution in [3.05, 3.63) is 0 Å². The molecule has 0 aromatic rings. The lowest BCUT2D eigenvalue weighted by Gasteiger charge is -2.34. The summed E-state index contributed by atoms with van der Waals surface area (Å²) in [7, 11) is 0. The van der Waals surface area contributed by atoms with Crippen molar-refractivity contribution in [2.45, 2.75) is 51.6 Å². The second-order valence-electron chi connectivity index (χ2n) is 5.25. The first-order valence-corrected chi connectivity index (χ1v) is 6.22. The number of nitrogens with zero attached hydrogens (tertiary/aromatic N) is 1. The first kappa shape index (κ1) is 13.8. The third-order valence-electron chi connectivity index (χ3n) is 3.53. The number of carbonyl (C=O) groups is 1. The number of hydrogen-bond donors (Lipinski definition) is 1. The predicted molar refractivity (Wildman–Crippen MR) is 67.8 cm³/mol. The van der Waals surface area contributed by atoms with E-state index >= 15 is 0 Å². The molecule has 3 nitrogen and oxygen atoms in total. The van der Waals surface area contributed by atoms with Gasteiger partial charge in [0.05, 0.1) is 6.04 Å². The molecule has 16 heavy (non-hydrogen) atoms. The van der Waals surface area contributed by atoms with Crippen LogP contribution in [0.1, 0.15) is 39.5 Å². The third kappa shape index (κ3) is 2.89. The third-order valence-corrected chi connectivity index (χ3v) is 3.53. The summed E-state index contributed by atoms with van der Waals surface area (Å²) >= 11 is 0. The Kier molecular flexibility index (Phi) is 5.06. The summed E-state index contributed by atoms with van der Waals surface area (Å²) in [6, 6.07) is 0.651. The molecule has 0 saturated carbocycles. The molecule has 2 aliphatic rings. The first-order valence-electron chi connectivity index (χ1n) is 6.22. The van der Waals surface area contributed by atoms with Crippen molar-refractivity contribution in [3.63, 3.8) is 0 Å². The Morgan fingerprint density at radius 3 is 2.62 bits per heavy atom. The summed E-state index contributed by atoms with van der Waals surface area (Å²) in [6.45, 7) is 6.47. The van der Waals surface area contributed by atoms with Crippen LogP contribution in [0.5, 0.6) is 0 Å². The van der Waals surface area contributed by atoms with Gasteiger partial charge in [0.2, 0.25) is 5.91 Å². The maximum absolute atomic E-state index is 12.1. The fourth-order valence-corrected chi connectivity index (χ4v) is 2.61. The van der Waals surface area contributed by atoms with Gasteiger partial charge in [0.1, 0.15) is 0 Å². The monoisotopic (exact) mass is 246 g/mol. The fourth-order valence-electron chi connectivity index (χ4n) is 2.61. The molecule has 1 N–H and O–H groups in total. The molecule has 94 valence electrons. The molecule has 2 rings (SSSR count). The van der Waals surface area contributed by atoms with Crippen LogP contribution in [0.2, 0.25) is 0 Å². The van der Waals surface area contributed by atoms with Crippen molar-refractivity contribution >= 4 is 18.3 Å². The van der Waals surface area contributed by atoms with Gasteiger partial charge in [0.25, 0.3) is 0 Å². The molecule has 2 heterocycles. The van der Waals surface area contributed by atoms with Gasteiger partial charge in [-0.3, -0.25) is 4.79 Å². The minimum absolute atomic E-state index is 0. The molecule has 1 amide bonds. The normalized spacial score (nSPS) is 28.8. The van der Waals surface area contributed by atoms with Crippen LogP contribution >= 0.6 is 12.4 Å². The highest BCUT2D eigenvalue weighted by Crippen LogP contribution is 2.25. The van der Waals surface area contributed by atoms with E-state index in [0.29, 0.717) is 17.9 Å². The topological polar surface area (TPSA) is 32.3 Å². The number of halogens is 1. The molecule has 0 spiro atoms. The molecule has 0 aromatic carbocycles. The number of carbonyl (C=O) groups excluding carboxylic acids is 1. The van der Waals surface area contributed by atoms with Gasteiger partial charge in [-0.25, -0.2) is 0 Å². The summed E-state index contributed by atoms with van der Waals surface area (Å²) < 4.78 is 0. The summed E-state index contributed by atoms with van der Waals surface area (Å²) in [5, 5.41) is 3.20. The Morgan fingerprint density at radius 1 is 1.44 bits per heavy atom. The standard InChI is InChI=1S/C12H22N2O.ClH/c1-9(2)8-10-4-3-7-14(10)12(15)11-5-6-13-11;/h9-11,13H,3-8H2,1-2H3;1H/t10?,11-;/m1./s1. The molecule has 0 bridgehead atoms. The summed E-state index contributed by atoms with van der Waals surface area (Å²) in [4.78, 5) is 14.2. The SMILES string of the molecule is CC(C)CC1CCCN1C(=O)[C@H]1CCN1.Cl. The van der Waals surface area contributed by atoms with E-state index in [0.717, 1.165) is 19.5 Å². The molecule has 0 aliphatic carbocycles. The Labute approximate surface area is 104 Å². The van der Waals surface area contributed by atoms with E-state index in [4.69, 9.17) is 0 Å². The zero-order valence-electron chi connectivity index (χ0n) is 10.2. The van der Waals surface area contributed by atoms with E-state index in [2.05, 4.69) is 24.1 Å². The molecule has 1 unspecified atom stereocenters. The van der Waals surface area contributed by atoms with Gasteiger partial charge in [-0.2, -0.15) is 0 Å². The molecule has 0 aromatic heterocycles. The maximum atomic E-state index is 12.1. The quantitative estimate of drug-likeness (QED) is 0.824. The van der Waals surface area contributed by atoms with Crippen molar-refractivity contribution in [2.24, 2.45) is 5.92 Å². The van der Waals surface area contributed by atoms with E-state index in [1.54, 1.807) is 0 Å². The summed E-state index contributed by atoms with van der Waals surface area (Å²) in [5.74, 6) is 1.04. The van der Waals surface area contributed by atoms with E-state index in [-0.39, 0.29) is 18.4 Å². The number of rotatable bonds is 3. The highest BCUT2D eigenvalue weighted by molar-refractivity contribution is 5.85.